The summed E-state index contributed by atoms with van der Waals surface area (Å²) in [6.45, 7) is 2.87. The number of carbonyl (C=O) groups is 2. The lowest BCUT2D eigenvalue weighted by Gasteiger charge is -2.39. The molecule has 1 saturated heterocycles. The van der Waals surface area contributed by atoms with Crippen molar-refractivity contribution < 1.29 is 22.4 Å². The van der Waals surface area contributed by atoms with Crippen LogP contribution in [-0.2, 0) is 26.0 Å². The molecule has 0 radical (unpaired) electrons. The normalized spacial score (nSPS) is 19.5. The van der Waals surface area contributed by atoms with Crippen molar-refractivity contribution in [2.75, 3.05) is 32.7 Å². The van der Waals surface area contributed by atoms with Gasteiger partial charge in [0.2, 0.25) is 21.8 Å². The highest BCUT2D eigenvalue weighted by Crippen LogP contribution is 2.33. The molecule has 2 aliphatic heterocycles. The Morgan fingerprint density at radius 3 is 2.41 bits per heavy atom. The van der Waals surface area contributed by atoms with E-state index in [1.165, 1.54) is 29.4 Å². The summed E-state index contributed by atoms with van der Waals surface area (Å²) in [5, 5.41) is 0. The number of sulfonamides is 1. The van der Waals surface area contributed by atoms with Crippen molar-refractivity contribution in [3.8, 4) is 0 Å². The van der Waals surface area contributed by atoms with Gasteiger partial charge in [-0.05, 0) is 35.7 Å². The highest BCUT2D eigenvalue weighted by molar-refractivity contribution is 7.89. The molecule has 0 bridgehead atoms. The summed E-state index contributed by atoms with van der Waals surface area (Å²) in [7, 11) is -3.82. The third kappa shape index (κ3) is 4.40. The number of piperazine rings is 1. The van der Waals surface area contributed by atoms with Gasteiger partial charge in [0.15, 0.2) is 0 Å². The van der Waals surface area contributed by atoms with Crippen molar-refractivity contribution in [3.63, 3.8) is 0 Å². The number of carbonyl (C=O) groups excluding carboxylic acids is 2. The number of benzene rings is 2. The van der Waals surface area contributed by atoms with E-state index in [1.54, 1.807) is 9.80 Å². The van der Waals surface area contributed by atoms with E-state index in [2.05, 4.69) is 0 Å². The summed E-state index contributed by atoms with van der Waals surface area (Å²) in [6, 6.07) is 12.5. The molecule has 7 nitrogen and oxygen atoms in total. The van der Waals surface area contributed by atoms with Crippen LogP contribution in [0.4, 0.5) is 4.39 Å². The molecule has 2 aromatic rings. The minimum Gasteiger partial charge on any atom is -0.340 e. The highest BCUT2D eigenvalue weighted by atomic mass is 32.2. The van der Waals surface area contributed by atoms with Crippen LogP contribution < -0.4 is 0 Å². The van der Waals surface area contributed by atoms with Gasteiger partial charge in [-0.25, -0.2) is 12.8 Å². The fourth-order valence-electron chi connectivity index (χ4n) is 4.50. The molecule has 1 unspecified atom stereocenters. The van der Waals surface area contributed by atoms with Crippen molar-refractivity contribution in [2.24, 2.45) is 0 Å². The number of hydrogen-bond donors (Lipinski definition) is 0. The van der Waals surface area contributed by atoms with Crippen molar-refractivity contribution in [1.82, 2.24) is 14.1 Å². The average Bonchev–Trinajstić information content (AvgIpc) is 2.79. The molecule has 2 aliphatic rings. The molecular formula is C23H26FN3O4S. The molecule has 0 aromatic heterocycles. The number of nitrogens with zero attached hydrogens (tertiary/aromatic N) is 3. The fraction of sp³-hybridized carbons (Fsp3) is 0.391. The Morgan fingerprint density at radius 2 is 1.72 bits per heavy atom. The summed E-state index contributed by atoms with van der Waals surface area (Å²) in [5.74, 6) is -0.785. The van der Waals surface area contributed by atoms with Crippen LogP contribution in [0, 0.1) is 5.82 Å². The van der Waals surface area contributed by atoms with Crippen molar-refractivity contribution in [3.05, 3.63) is 65.5 Å². The summed E-state index contributed by atoms with van der Waals surface area (Å²) in [5.41, 5.74) is 2.14. The Balaban J connectivity index is 1.44. The summed E-state index contributed by atoms with van der Waals surface area (Å²) in [4.78, 5) is 28.6. The van der Waals surface area contributed by atoms with Crippen LogP contribution in [0.5, 0.6) is 0 Å². The monoisotopic (exact) mass is 459 g/mol. The zero-order valence-corrected chi connectivity index (χ0v) is 18.7. The molecule has 2 amide bonds. The lowest BCUT2D eigenvalue weighted by atomic mass is 9.90. The van der Waals surface area contributed by atoms with E-state index in [0.29, 0.717) is 6.54 Å². The number of fused-ring (bicyclic) bond motifs is 1. The van der Waals surface area contributed by atoms with Gasteiger partial charge in [-0.1, -0.05) is 30.3 Å². The van der Waals surface area contributed by atoms with E-state index in [9.17, 15) is 22.4 Å². The van der Waals surface area contributed by atoms with Gasteiger partial charge in [0.1, 0.15) is 5.82 Å². The lowest BCUT2D eigenvalue weighted by Crippen LogP contribution is -2.51. The predicted octanol–water partition coefficient (Wildman–Crippen LogP) is 2.19. The minimum atomic E-state index is -3.82. The molecule has 0 N–H and O–H groups in total. The van der Waals surface area contributed by atoms with Gasteiger partial charge in [0, 0.05) is 39.6 Å². The van der Waals surface area contributed by atoms with Crippen molar-refractivity contribution >= 4 is 21.8 Å². The zero-order valence-electron chi connectivity index (χ0n) is 17.9. The Bertz CT molecular complexity index is 1130. The first-order valence-corrected chi connectivity index (χ1v) is 12.1. The predicted molar refractivity (Wildman–Crippen MR) is 117 cm³/mol. The van der Waals surface area contributed by atoms with Gasteiger partial charge in [-0.3, -0.25) is 9.59 Å². The Labute approximate surface area is 187 Å². The van der Waals surface area contributed by atoms with Gasteiger partial charge >= 0.3 is 0 Å². The largest absolute Gasteiger partial charge is 0.340 e. The SMILES string of the molecule is CC(=O)N1CCc2ccccc2C1CC(=O)N1CCN(S(=O)(=O)c2cccc(F)c2)CC1. The van der Waals surface area contributed by atoms with Crippen molar-refractivity contribution in [2.45, 2.75) is 30.7 Å². The van der Waals surface area contributed by atoms with Gasteiger partial charge in [-0.15, -0.1) is 0 Å². The van der Waals surface area contributed by atoms with E-state index in [4.69, 9.17) is 0 Å². The van der Waals surface area contributed by atoms with Gasteiger partial charge in [0.25, 0.3) is 0 Å². The first kappa shape index (κ1) is 22.4. The molecule has 0 spiro atoms. The number of rotatable bonds is 4. The third-order valence-electron chi connectivity index (χ3n) is 6.21. The number of amides is 2. The summed E-state index contributed by atoms with van der Waals surface area (Å²) in [6.07, 6.45) is 0.921. The van der Waals surface area contributed by atoms with Gasteiger partial charge < -0.3 is 9.80 Å². The van der Waals surface area contributed by atoms with Crippen LogP contribution in [0.25, 0.3) is 0 Å². The van der Waals surface area contributed by atoms with E-state index >= 15 is 0 Å². The zero-order chi connectivity index (χ0) is 22.9. The smallest absolute Gasteiger partial charge is 0.243 e. The minimum absolute atomic E-state index is 0.0664. The molecular weight excluding hydrogens is 433 g/mol. The van der Waals surface area contributed by atoms with Crippen LogP contribution in [0.3, 0.4) is 0 Å². The maximum Gasteiger partial charge on any atom is 0.243 e. The van der Waals surface area contributed by atoms with Gasteiger partial charge in [0.05, 0.1) is 17.4 Å². The lowest BCUT2D eigenvalue weighted by molar-refractivity contribution is -0.137. The highest BCUT2D eigenvalue weighted by Gasteiger charge is 2.34. The second-order valence-electron chi connectivity index (χ2n) is 8.12. The molecule has 170 valence electrons. The topological polar surface area (TPSA) is 78.0 Å². The standard InChI is InChI=1S/C23H26FN3O4S/c1-17(28)27-10-9-18-5-2-3-8-21(18)22(27)16-23(29)25-11-13-26(14-12-25)32(30,31)20-7-4-6-19(24)15-20/h2-8,15,22H,9-14,16H2,1H3. The Hall–Kier alpha value is -2.78. The molecule has 1 atom stereocenters. The van der Waals surface area contributed by atoms with Gasteiger partial charge in [-0.2, -0.15) is 4.31 Å². The molecule has 2 aromatic carbocycles. The summed E-state index contributed by atoms with van der Waals surface area (Å²) < 4.78 is 40.4. The second-order valence-corrected chi connectivity index (χ2v) is 10.1. The van der Waals surface area contributed by atoms with Crippen LogP contribution in [0.2, 0.25) is 0 Å². The first-order chi connectivity index (χ1) is 15.3. The fourth-order valence-corrected chi connectivity index (χ4v) is 5.95. The first-order valence-electron chi connectivity index (χ1n) is 10.7. The maximum absolute atomic E-state index is 13.5. The number of hydrogen-bond acceptors (Lipinski definition) is 4. The van der Waals surface area contributed by atoms with Crippen LogP contribution >= 0.6 is 0 Å². The van der Waals surface area contributed by atoms with E-state index in [1.807, 2.05) is 24.3 Å². The summed E-state index contributed by atoms with van der Waals surface area (Å²) >= 11 is 0. The molecule has 9 heteroatoms. The molecule has 0 saturated carbocycles. The quantitative estimate of drug-likeness (QED) is 0.702. The third-order valence-corrected chi connectivity index (χ3v) is 8.10. The molecule has 0 aliphatic carbocycles. The van der Waals surface area contributed by atoms with Crippen molar-refractivity contribution in [1.29, 1.82) is 0 Å². The molecule has 4 rings (SSSR count). The van der Waals surface area contributed by atoms with E-state index < -0.39 is 15.8 Å². The van der Waals surface area contributed by atoms with Crippen LogP contribution in [0.1, 0.15) is 30.5 Å². The van der Waals surface area contributed by atoms with E-state index in [0.717, 1.165) is 23.6 Å². The average molecular weight is 460 g/mol. The molecule has 1 fully saturated rings. The number of halogens is 1. The Morgan fingerprint density at radius 1 is 1.00 bits per heavy atom. The maximum atomic E-state index is 13.5. The van der Waals surface area contributed by atoms with E-state index in [-0.39, 0.29) is 55.4 Å². The van der Waals surface area contributed by atoms with Crippen LogP contribution in [-0.4, -0.2) is 67.1 Å². The van der Waals surface area contributed by atoms with Crippen LogP contribution in [0.15, 0.2) is 53.4 Å². The Kier molecular flexibility index (Phi) is 6.30. The molecule has 32 heavy (non-hydrogen) atoms. The molecule has 2 heterocycles. The second kappa shape index (κ2) is 8.99.